The summed E-state index contributed by atoms with van der Waals surface area (Å²) in [5, 5.41) is 0.609. The van der Waals surface area contributed by atoms with Crippen LogP contribution in [0.3, 0.4) is 0 Å². The highest BCUT2D eigenvalue weighted by Crippen LogP contribution is 2.60. The van der Waals surface area contributed by atoms with Crippen molar-refractivity contribution in [1.82, 2.24) is 0 Å². The molecule has 0 saturated heterocycles. The van der Waals surface area contributed by atoms with Crippen LogP contribution in [-0.2, 0) is 22.6 Å². The van der Waals surface area contributed by atoms with Crippen molar-refractivity contribution >= 4 is 49.4 Å². The van der Waals surface area contributed by atoms with Gasteiger partial charge in [0, 0.05) is 11.5 Å². The van der Waals surface area contributed by atoms with Crippen molar-refractivity contribution in [1.29, 1.82) is 0 Å². The molecule has 0 aliphatic heterocycles. The maximum absolute atomic E-state index is 12.3. The minimum Gasteiger partial charge on any atom is -0.461 e. The summed E-state index contributed by atoms with van der Waals surface area (Å²) >= 11 is 12.5. The minimum atomic E-state index is -0.143. The maximum Gasteiger partial charge on any atom is 0.310 e. The summed E-state index contributed by atoms with van der Waals surface area (Å²) in [5.74, 6) is -0.0389. The molecule has 1 saturated carbocycles. The van der Waals surface area contributed by atoms with Crippen LogP contribution < -0.4 is 0 Å². The summed E-state index contributed by atoms with van der Waals surface area (Å²) in [4.78, 5) is 12.3. The predicted octanol–water partition coefficient (Wildman–Crippen LogP) is 5.93. The van der Waals surface area contributed by atoms with Crippen LogP contribution >= 0.6 is 43.5 Å². The predicted molar refractivity (Wildman–Crippen MR) is 102 cm³/mol. The van der Waals surface area contributed by atoms with Crippen molar-refractivity contribution in [2.75, 3.05) is 0 Å². The molecule has 2 nitrogen and oxygen atoms in total. The summed E-state index contributed by atoms with van der Waals surface area (Å²) in [6.07, 6.45) is 2.66. The second-order valence-electron chi connectivity index (χ2n) is 6.40. The molecule has 0 heterocycles. The van der Waals surface area contributed by atoms with Crippen LogP contribution in [0.4, 0.5) is 0 Å². The molecule has 1 aromatic rings. The average Bonchev–Trinajstić information content (AvgIpc) is 2.97. The molecule has 0 N–H and O–H groups in total. The number of halogens is 3. The summed E-state index contributed by atoms with van der Waals surface area (Å²) in [6, 6.07) is 7.86. The minimum absolute atomic E-state index is 0.0611. The molecule has 1 aromatic carbocycles. The van der Waals surface area contributed by atoms with E-state index in [4.69, 9.17) is 16.3 Å². The van der Waals surface area contributed by atoms with E-state index in [9.17, 15) is 4.79 Å². The summed E-state index contributed by atoms with van der Waals surface area (Å²) in [7, 11) is 0. The number of esters is 1. The van der Waals surface area contributed by atoms with Gasteiger partial charge in [0.05, 0.1) is 9.31 Å². The lowest BCUT2D eigenvalue weighted by atomic mass is 10.1. The first-order valence-corrected chi connectivity index (χ1v) is 9.28. The molecular weight excluding hydrogens is 443 g/mol. The van der Waals surface area contributed by atoms with Gasteiger partial charge in [0.15, 0.2) is 0 Å². The van der Waals surface area contributed by atoms with Crippen molar-refractivity contribution in [2.24, 2.45) is 17.3 Å². The van der Waals surface area contributed by atoms with Crippen LogP contribution in [0.1, 0.15) is 25.0 Å². The van der Waals surface area contributed by atoms with Gasteiger partial charge in [-0.1, -0.05) is 62.4 Å². The van der Waals surface area contributed by atoms with E-state index in [-0.39, 0.29) is 23.2 Å². The normalized spacial score (nSPS) is 21.4. The number of carbonyl (C=O) groups is 1. The van der Waals surface area contributed by atoms with E-state index >= 15 is 0 Å². The highest BCUT2D eigenvalue weighted by molar-refractivity contribution is 9.28. The molecule has 0 unspecified atom stereocenters. The molecule has 0 amide bonds. The zero-order chi connectivity index (χ0) is 17.2. The topological polar surface area (TPSA) is 26.3 Å². The van der Waals surface area contributed by atoms with E-state index in [0.29, 0.717) is 18.1 Å². The Morgan fingerprint density at radius 3 is 2.39 bits per heavy atom. The Bertz CT molecular complexity index is 631. The third kappa shape index (κ3) is 4.94. The Labute approximate surface area is 159 Å². The lowest BCUT2D eigenvalue weighted by Crippen LogP contribution is -2.10. The second kappa shape index (κ2) is 7.54. The number of benzene rings is 1. The standard InChI is InChI=1S/C18H19Br2ClO2/c1-11(21)8-12-4-6-13(7-5-12)10-23-17(22)16-14(9-15(19)20)18(16,2)3/h4-7,9,14,16H,1,8,10H2,2-3H3/t14-,16-/m0/s1. The second-order valence-corrected chi connectivity index (χ2v) is 9.71. The smallest absolute Gasteiger partial charge is 0.310 e. The molecule has 0 aromatic heterocycles. The maximum atomic E-state index is 12.3. The molecule has 0 radical (unpaired) electrons. The van der Waals surface area contributed by atoms with Crippen LogP contribution in [0.5, 0.6) is 0 Å². The molecule has 0 spiro atoms. The highest BCUT2D eigenvalue weighted by atomic mass is 79.9. The number of rotatable bonds is 6. The van der Waals surface area contributed by atoms with E-state index in [2.05, 4.69) is 52.3 Å². The Morgan fingerprint density at radius 2 is 1.87 bits per heavy atom. The molecule has 1 aliphatic carbocycles. The van der Waals surface area contributed by atoms with Gasteiger partial charge in [-0.05, 0) is 54.3 Å². The van der Waals surface area contributed by atoms with Crippen molar-refractivity contribution in [3.05, 3.63) is 56.5 Å². The Kier molecular flexibility index (Phi) is 6.15. The average molecular weight is 463 g/mol. The lowest BCUT2D eigenvalue weighted by Gasteiger charge is -2.07. The first kappa shape index (κ1) is 18.8. The van der Waals surface area contributed by atoms with Gasteiger partial charge in [-0.3, -0.25) is 4.79 Å². The Hall–Kier alpha value is -0.580. The van der Waals surface area contributed by atoms with Crippen LogP contribution in [0.2, 0.25) is 0 Å². The summed E-state index contributed by atoms with van der Waals surface area (Å²) in [6.45, 7) is 8.14. The molecular formula is C18H19Br2ClO2. The molecule has 1 fully saturated rings. The van der Waals surface area contributed by atoms with Crippen molar-refractivity contribution in [2.45, 2.75) is 26.9 Å². The monoisotopic (exact) mass is 460 g/mol. The van der Waals surface area contributed by atoms with Gasteiger partial charge in [0.2, 0.25) is 0 Å². The van der Waals surface area contributed by atoms with E-state index in [0.717, 1.165) is 14.5 Å². The van der Waals surface area contributed by atoms with E-state index in [1.165, 1.54) is 0 Å². The third-order valence-corrected chi connectivity index (χ3v) is 4.93. The van der Waals surface area contributed by atoms with Crippen LogP contribution in [0, 0.1) is 17.3 Å². The Morgan fingerprint density at radius 1 is 1.30 bits per heavy atom. The van der Waals surface area contributed by atoms with Crippen LogP contribution in [0.25, 0.3) is 0 Å². The van der Waals surface area contributed by atoms with E-state index in [1.807, 2.05) is 30.3 Å². The van der Waals surface area contributed by atoms with Crippen molar-refractivity contribution in [3.63, 3.8) is 0 Å². The number of hydrogen-bond acceptors (Lipinski definition) is 2. The van der Waals surface area contributed by atoms with Gasteiger partial charge in [-0.2, -0.15) is 0 Å². The van der Waals surface area contributed by atoms with Crippen molar-refractivity contribution in [3.8, 4) is 0 Å². The van der Waals surface area contributed by atoms with E-state index < -0.39 is 0 Å². The third-order valence-electron chi connectivity index (χ3n) is 4.27. The number of hydrogen-bond donors (Lipinski definition) is 0. The zero-order valence-corrected chi connectivity index (χ0v) is 17.0. The molecule has 23 heavy (non-hydrogen) atoms. The fraction of sp³-hybridized carbons (Fsp3) is 0.389. The quantitative estimate of drug-likeness (QED) is 0.490. The fourth-order valence-corrected chi connectivity index (χ4v) is 3.52. The molecule has 2 rings (SSSR count). The van der Waals surface area contributed by atoms with Crippen molar-refractivity contribution < 1.29 is 9.53 Å². The number of allylic oxidation sites excluding steroid dienone is 2. The number of carbonyl (C=O) groups excluding carboxylic acids is 1. The van der Waals surface area contributed by atoms with Crippen LogP contribution in [0.15, 0.2) is 45.3 Å². The first-order chi connectivity index (χ1) is 10.7. The van der Waals surface area contributed by atoms with E-state index in [1.54, 1.807) is 0 Å². The fourth-order valence-electron chi connectivity index (χ4n) is 2.79. The SMILES string of the molecule is C=C(Cl)Cc1ccc(COC(=O)[C@@H]2[C@H](C=C(Br)Br)C2(C)C)cc1. The van der Waals surface area contributed by atoms with Gasteiger partial charge < -0.3 is 4.74 Å². The van der Waals surface area contributed by atoms with Gasteiger partial charge >= 0.3 is 5.97 Å². The first-order valence-electron chi connectivity index (χ1n) is 7.32. The van der Waals surface area contributed by atoms with Gasteiger partial charge in [0.1, 0.15) is 6.61 Å². The molecule has 0 bridgehead atoms. The van der Waals surface area contributed by atoms with Gasteiger partial charge in [-0.25, -0.2) is 0 Å². The van der Waals surface area contributed by atoms with Gasteiger partial charge in [-0.15, -0.1) is 0 Å². The highest BCUT2D eigenvalue weighted by Gasteiger charge is 2.61. The Balaban J connectivity index is 1.90. The largest absolute Gasteiger partial charge is 0.461 e. The molecule has 5 heteroatoms. The summed E-state index contributed by atoms with van der Waals surface area (Å²) in [5.41, 5.74) is 2.00. The molecule has 1 aliphatic rings. The van der Waals surface area contributed by atoms with Crippen LogP contribution in [-0.4, -0.2) is 5.97 Å². The summed E-state index contributed by atoms with van der Waals surface area (Å²) < 4.78 is 6.35. The number of ether oxygens (including phenoxy) is 1. The lowest BCUT2D eigenvalue weighted by molar-refractivity contribution is -0.147. The van der Waals surface area contributed by atoms with Gasteiger partial charge in [0.25, 0.3) is 0 Å². The molecule has 124 valence electrons. The zero-order valence-electron chi connectivity index (χ0n) is 13.1. The molecule has 2 atom stereocenters.